The summed E-state index contributed by atoms with van der Waals surface area (Å²) in [6.45, 7) is 5.48. The average molecular weight is 399 g/mol. The number of rotatable bonds is 4. The number of alkyl halides is 3. The molecule has 0 aliphatic carbocycles. The summed E-state index contributed by atoms with van der Waals surface area (Å²) in [6.07, 6.45) is -2.92. The maximum absolute atomic E-state index is 13.0. The number of nitrogens with zero attached hydrogens (tertiary/aromatic N) is 2. The third-order valence-corrected chi connectivity index (χ3v) is 4.55. The van der Waals surface area contributed by atoms with Gasteiger partial charge in [-0.2, -0.15) is 18.3 Å². The van der Waals surface area contributed by atoms with Gasteiger partial charge in [-0.05, 0) is 57.2 Å². The summed E-state index contributed by atoms with van der Waals surface area (Å²) < 4.78 is 40.8. The van der Waals surface area contributed by atoms with Crippen LogP contribution in [0.3, 0.4) is 0 Å². The summed E-state index contributed by atoms with van der Waals surface area (Å²) in [5.41, 5.74) is 5.82. The minimum Gasteiger partial charge on any atom is -0.318 e. The molecule has 0 aliphatic rings. The van der Waals surface area contributed by atoms with Crippen LogP contribution in [0.2, 0.25) is 0 Å². The molecule has 0 atom stereocenters. The van der Waals surface area contributed by atoms with Gasteiger partial charge in [-0.3, -0.25) is 4.79 Å². The summed E-state index contributed by atoms with van der Waals surface area (Å²) in [6, 6.07) is 14.1. The van der Waals surface area contributed by atoms with Gasteiger partial charge in [0.15, 0.2) is 0 Å². The summed E-state index contributed by atoms with van der Waals surface area (Å²) in [5, 5.41) is 4.00. The van der Waals surface area contributed by atoms with E-state index in [0.717, 1.165) is 29.1 Å². The minimum absolute atomic E-state index is 0.336. The number of aryl methyl sites for hydroxylation is 2. The van der Waals surface area contributed by atoms with Crippen LogP contribution < -0.4 is 5.43 Å². The third kappa shape index (κ3) is 4.56. The molecule has 0 unspecified atom stereocenters. The number of hydrogen-bond acceptors (Lipinski definition) is 2. The van der Waals surface area contributed by atoms with Crippen LogP contribution in [0.15, 0.2) is 59.7 Å². The fourth-order valence-electron chi connectivity index (χ4n) is 3.15. The number of nitrogens with one attached hydrogen (secondary N) is 1. The molecule has 4 nitrogen and oxygen atoms in total. The van der Waals surface area contributed by atoms with Crippen molar-refractivity contribution in [2.75, 3.05) is 0 Å². The lowest BCUT2D eigenvalue weighted by Crippen LogP contribution is -2.17. The van der Waals surface area contributed by atoms with Crippen LogP contribution in [0.1, 0.15) is 38.4 Å². The smallest absolute Gasteiger partial charge is 0.318 e. The molecule has 7 heteroatoms. The number of hydrogen-bond donors (Lipinski definition) is 1. The largest absolute Gasteiger partial charge is 0.416 e. The Kier molecular flexibility index (Phi) is 5.59. The first kappa shape index (κ1) is 20.4. The number of benzene rings is 2. The Morgan fingerprint density at radius 2 is 1.76 bits per heavy atom. The fourth-order valence-corrected chi connectivity index (χ4v) is 3.15. The van der Waals surface area contributed by atoms with Crippen molar-refractivity contribution in [1.82, 2.24) is 9.99 Å². The van der Waals surface area contributed by atoms with Crippen LogP contribution in [-0.2, 0) is 6.18 Å². The Labute approximate surface area is 166 Å². The second-order valence-corrected chi connectivity index (χ2v) is 6.78. The van der Waals surface area contributed by atoms with Gasteiger partial charge in [-0.1, -0.05) is 23.8 Å². The normalized spacial score (nSPS) is 11.8. The van der Waals surface area contributed by atoms with Crippen molar-refractivity contribution >= 4 is 12.1 Å². The molecular formula is C22H20F3N3O. The number of halogens is 3. The molecule has 1 N–H and O–H groups in total. The summed E-state index contributed by atoms with van der Waals surface area (Å²) in [5.74, 6) is -0.336. The molecule has 1 amide bonds. The van der Waals surface area contributed by atoms with Crippen molar-refractivity contribution < 1.29 is 18.0 Å². The van der Waals surface area contributed by atoms with Crippen LogP contribution >= 0.6 is 0 Å². The van der Waals surface area contributed by atoms with Crippen molar-refractivity contribution in [2.24, 2.45) is 5.10 Å². The van der Waals surface area contributed by atoms with E-state index in [1.807, 2.05) is 13.0 Å². The first-order valence-electron chi connectivity index (χ1n) is 8.93. The zero-order valence-corrected chi connectivity index (χ0v) is 16.2. The highest BCUT2D eigenvalue weighted by atomic mass is 19.4. The monoisotopic (exact) mass is 399 g/mol. The van der Waals surface area contributed by atoms with Gasteiger partial charge >= 0.3 is 6.18 Å². The van der Waals surface area contributed by atoms with Crippen molar-refractivity contribution in [3.8, 4) is 5.69 Å². The van der Waals surface area contributed by atoms with E-state index >= 15 is 0 Å². The number of amides is 1. The molecule has 1 aromatic heterocycles. The lowest BCUT2D eigenvalue weighted by Gasteiger charge is -2.13. The van der Waals surface area contributed by atoms with E-state index in [1.165, 1.54) is 12.3 Å². The zero-order valence-electron chi connectivity index (χ0n) is 16.2. The van der Waals surface area contributed by atoms with Gasteiger partial charge in [0.2, 0.25) is 0 Å². The van der Waals surface area contributed by atoms with Gasteiger partial charge in [0.1, 0.15) is 0 Å². The quantitative estimate of drug-likeness (QED) is 0.477. The molecule has 0 fully saturated rings. The number of carbonyl (C=O) groups is 1. The molecule has 0 saturated carbocycles. The maximum Gasteiger partial charge on any atom is 0.416 e. The van der Waals surface area contributed by atoms with Crippen LogP contribution in [0.5, 0.6) is 0 Å². The Morgan fingerprint density at radius 3 is 2.45 bits per heavy atom. The van der Waals surface area contributed by atoms with Gasteiger partial charge in [0.05, 0.1) is 11.8 Å². The van der Waals surface area contributed by atoms with Gasteiger partial charge in [0.25, 0.3) is 5.91 Å². The fraction of sp³-hybridized carbons (Fsp3) is 0.182. The molecule has 2 aromatic carbocycles. The van der Waals surface area contributed by atoms with Crippen LogP contribution in [0.25, 0.3) is 5.69 Å². The molecule has 0 bridgehead atoms. The lowest BCUT2D eigenvalue weighted by molar-refractivity contribution is -0.137. The van der Waals surface area contributed by atoms with Gasteiger partial charge in [-0.15, -0.1) is 0 Å². The van der Waals surface area contributed by atoms with Gasteiger partial charge in [0, 0.05) is 28.2 Å². The van der Waals surface area contributed by atoms with Crippen molar-refractivity contribution in [1.29, 1.82) is 0 Å². The van der Waals surface area contributed by atoms with E-state index in [0.29, 0.717) is 16.8 Å². The minimum atomic E-state index is -4.41. The molecule has 3 rings (SSSR count). The first-order chi connectivity index (χ1) is 13.7. The van der Waals surface area contributed by atoms with E-state index in [2.05, 4.69) is 10.5 Å². The molecule has 0 radical (unpaired) electrons. The molecule has 29 heavy (non-hydrogen) atoms. The number of hydrazone groups is 1. The highest BCUT2D eigenvalue weighted by Crippen LogP contribution is 2.31. The van der Waals surface area contributed by atoms with Gasteiger partial charge in [-0.25, -0.2) is 5.43 Å². The average Bonchev–Trinajstić information content (AvgIpc) is 2.94. The standard InChI is InChI=1S/C22H20F3N3O/c1-14-6-4-7-17(10-14)21(29)27-26-13-18-11-15(2)28(16(18)3)20-9-5-8-19(12-20)22(23,24)25/h4-13H,1-3H3,(H,27,29)/b26-13-. The highest BCUT2D eigenvalue weighted by molar-refractivity contribution is 5.95. The van der Waals surface area contributed by atoms with E-state index in [1.54, 1.807) is 48.7 Å². The van der Waals surface area contributed by atoms with E-state index < -0.39 is 11.7 Å². The summed E-state index contributed by atoms with van der Waals surface area (Å²) in [7, 11) is 0. The third-order valence-electron chi connectivity index (χ3n) is 4.55. The number of carbonyl (C=O) groups excluding carboxylic acids is 1. The highest BCUT2D eigenvalue weighted by Gasteiger charge is 2.30. The first-order valence-corrected chi connectivity index (χ1v) is 8.93. The molecule has 0 aliphatic heterocycles. The Hall–Kier alpha value is -3.35. The molecule has 150 valence electrons. The predicted molar refractivity (Wildman–Crippen MR) is 106 cm³/mol. The predicted octanol–water partition coefficient (Wildman–Crippen LogP) is 5.19. The van der Waals surface area contributed by atoms with Crippen LogP contribution in [0.4, 0.5) is 13.2 Å². The SMILES string of the molecule is Cc1cccc(C(=O)N/N=C\c2cc(C)n(-c3cccc(C(F)(F)F)c3)c2C)c1. The van der Waals surface area contributed by atoms with E-state index in [4.69, 9.17) is 0 Å². The second kappa shape index (κ2) is 7.95. The molecule has 3 aromatic rings. The van der Waals surface area contributed by atoms with Crippen molar-refractivity contribution in [2.45, 2.75) is 26.9 Å². The molecule has 0 spiro atoms. The Bertz CT molecular complexity index is 1080. The Morgan fingerprint density at radius 1 is 1.03 bits per heavy atom. The van der Waals surface area contributed by atoms with Crippen LogP contribution in [0, 0.1) is 20.8 Å². The Balaban J connectivity index is 1.83. The van der Waals surface area contributed by atoms with Gasteiger partial charge < -0.3 is 4.57 Å². The molecular weight excluding hydrogens is 379 g/mol. The summed E-state index contributed by atoms with van der Waals surface area (Å²) >= 11 is 0. The maximum atomic E-state index is 13.0. The van der Waals surface area contributed by atoms with E-state index in [-0.39, 0.29) is 5.91 Å². The summed E-state index contributed by atoms with van der Waals surface area (Å²) in [4.78, 5) is 12.2. The van der Waals surface area contributed by atoms with Crippen molar-refractivity contribution in [3.63, 3.8) is 0 Å². The molecule has 1 heterocycles. The molecule has 0 saturated heterocycles. The lowest BCUT2D eigenvalue weighted by atomic mass is 10.1. The number of aromatic nitrogens is 1. The second-order valence-electron chi connectivity index (χ2n) is 6.78. The van der Waals surface area contributed by atoms with Crippen LogP contribution in [-0.4, -0.2) is 16.7 Å². The topological polar surface area (TPSA) is 46.4 Å². The van der Waals surface area contributed by atoms with E-state index in [9.17, 15) is 18.0 Å². The van der Waals surface area contributed by atoms with Crippen molar-refractivity contribution in [3.05, 3.63) is 88.2 Å². The zero-order chi connectivity index (χ0) is 21.2.